The van der Waals surface area contributed by atoms with E-state index >= 15 is 0 Å². The van der Waals surface area contributed by atoms with Gasteiger partial charge in [0.05, 0.1) is 0 Å². The molecule has 1 heteroatoms. The van der Waals surface area contributed by atoms with Crippen LogP contribution in [0.1, 0.15) is 31.4 Å². The summed E-state index contributed by atoms with van der Waals surface area (Å²) in [7, 11) is 1.91. The minimum atomic E-state index is 0.590. The smallest absolute Gasteiger partial charge is 0.00277 e. The highest BCUT2D eigenvalue weighted by Gasteiger charge is 2.14. The summed E-state index contributed by atoms with van der Waals surface area (Å²) in [5, 5.41) is 3.04. The molecule has 1 aliphatic carbocycles. The molecule has 0 saturated heterocycles. The molecule has 0 amide bonds. The molecule has 0 spiro atoms. The first kappa shape index (κ1) is 14.4. The van der Waals surface area contributed by atoms with Crippen LogP contribution in [0.3, 0.4) is 0 Å². The number of benzene rings is 1. The average molecular weight is 265 g/mol. The van der Waals surface area contributed by atoms with Crippen molar-refractivity contribution in [1.29, 1.82) is 0 Å². The average Bonchev–Trinajstić information content (AvgIpc) is 2.43. The SMILES string of the molecule is C=C(C1=CC(C)=C[C@H](C)C1)c1ccccc1/C=C\NC. The predicted octanol–water partition coefficient (Wildman–Crippen LogP) is 4.80. The summed E-state index contributed by atoms with van der Waals surface area (Å²) < 4.78 is 0. The number of nitrogens with one attached hydrogen (secondary N) is 1. The van der Waals surface area contributed by atoms with Crippen LogP contribution in [-0.4, -0.2) is 7.05 Å². The highest BCUT2D eigenvalue weighted by atomic mass is 14.8. The fourth-order valence-electron chi connectivity index (χ4n) is 2.71. The molecule has 2 rings (SSSR count). The van der Waals surface area contributed by atoms with Crippen LogP contribution in [0.15, 0.2) is 60.3 Å². The van der Waals surface area contributed by atoms with Crippen molar-refractivity contribution in [3.63, 3.8) is 0 Å². The van der Waals surface area contributed by atoms with E-state index in [0.29, 0.717) is 5.92 Å². The molecule has 0 radical (unpaired) electrons. The zero-order chi connectivity index (χ0) is 14.5. The van der Waals surface area contributed by atoms with E-state index in [1.165, 1.54) is 22.3 Å². The van der Waals surface area contributed by atoms with Crippen LogP contribution in [-0.2, 0) is 0 Å². The van der Waals surface area contributed by atoms with Crippen LogP contribution in [0, 0.1) is 5.92 Å². The van der Waals surface area contributed by atoms with Crippen LogP contribution in [0.4, 0.5) is 0 Å². The molecule has 1 atom stereocenters. The fourth-order valence-corrected chi connectivity index (χ4v) is 2.71. The first-order valence-electron chi connectivity index (χ1n) is 7.13. The zero-order valence-electron chi connectivity index (χ0n) is 12.6. The molecule has 0 aromatic heterocycles. The molecule has 1 N–H and O–H groups in total. The summed E-state index contributed by atoms with van der Waals surface area (Å²) in [6, 6.07) is 8.42. The van der Waals surface area contributed by atoms with Crippen molar-refractivity contribution in [2.75, 3.05) is 7.05 Å². The van der Waals surface area contributed by atoms with Gasteiger partial charge in [0.15, 0.2) is 0 Å². The van der Waals surface area contributed by atoms with Crippen molar-refractivity contribution in [3.8, 4) is 0 Å². The van der Waals surface area contributed by atoms with Gasteiger partial charge in [0.25, 0.3) is 0 Å². The maximum atomic E-state index is 4.34. The molecule has 1 aromatic rings. The lowest BCUT2D eigenvalue weighted by Gasteiger charge is -2.20. The Bertz CT molecular complexity index is 588. The van der Waals surface area contributed by atoms with Gasteiger partial charge in [-0.25, -0.2) is 0 Å². The molecule has 1 nitrogen and oxygen atoms in total. The summed E-state index contributed by atoms with van der Waals surface area (Å²) in [6.45, 7) is 8.76. The van der Waals surface area contributed by atoms with Crippen LogP contribution in [0.5, 0.6) is 0 Å². The van der Waals surface area contributed by atoms with Crippen molar-refractivity contribution in [2.24, 2.45) is 5.92 Å². The Kier molecular flexibility index (Phi) is 4.62. The second kappa shape index (κ2) is 6.42. The van der Waals surface area contributed by atoms with Crippen LogP contribution < -0.4 is 5.32 Å². The van der Waals surface area contributed by atoms with Gasteiger partial charge in [-0.05, 0) is 53.8 Å². The molecule has 0 aliphatic heterocycles. The Morgan fingerprint density at radius 3 is 2.80 bits per heavy atom. The Balaban J connectivity index is 2.35. The van der Waals surface area contributed by atoms with E-state index in [-0.39, 0.29) is 0 Å². The Hall–Kier alpha value is -2.02. The van der Waals surface area contributed by atoms with Gasteiger partial charge in [-0.3, -0.25) is 0 Å². The fraction of sp³-hybridized carbons (Fsp3) is 0.263. The van der Waals surface area contributed by atoms with E-state index in [1.54, 1.807) is 0 Å². The lowest BCUT2D eigenvalue weighted by atomic mass is 9.85. The Morgan fingerprint density at radius 1 is 1.35 bits per heavy atom. The maximum Gasteiger partial charge on any atom is 0.00277 e. The molecule has 0 unspecified atom stereocenters. The number of rotatable bonds is 4. The second-order valence-electron chi connectivity index (χ2n) is 5.45. The molecule has 20 heavy (non-hydrogen) atoms. The minimum absolute atomic E-state index is 0.590. The monoisotopic (exact) mass is 265 g/mol. The van der Waals surface area contributed by atoms with E-state index in [4.69, 9.17) is 0 Å². The van der Waals surface area contributed by atoms with Gasteiger partial charge in [-0.15, -0.1) is 0 Å². The molecule has 0 fully saturated rings. The quantitative estimate of drug-likeness (QED) is 0.824. The van der Waals surface area contributed by atoms with Crippen molar-refractivity contribution in [1.82, 2.24) is 5.32 Å². The molecule has 0 bridgehead atoms. The van der Waals surface area contributed by atoms with Crippen molar-refractivity contribution in [2.45, 2.75) is 20.3 Å². The summed E-state index contributed by atoms with van der Waals surface area (Å²) in [5.41, 5.74) is 6.24. The number of allylic oxidation sites excluding steroid dienone is 5. The third-order valence-electron chi connectivity index (χ3n) is 3.59. The molecular weight excluding hydrogens is 242 g/mol. The van der Waals surface area contributed by atoms with Gasteiger partial charge in [0, 0.05) is 7.05 Å². The summed E-state index contributed by atoms with van der Waals surface area (Å²) >= 11 is 0. The van der Waals surface area contributed by atoms with E-state index in [1.807, 2.05) is 13.2 Å². The Labute approximate surface area is 122 Å². The molecular formula is C19H23N. The highest BCUT2D eigenvalue weighted by Crippen LogP contribution is 2.33. The van der Waals surface area contributed by atoms with Gasteiger partial charge < -0.3 is 5.32 Å². The molecule has 1 aromatic carbocycles. The van der Waals surface area contributed by atoms with Crippen molar-refractivity contribution in [3.05, 3.63) is 71.5 Å². The number of hydrogen-bond acceptors (Lipinski definition) is 1. The van der Waals surface area contributed by atoms with Gasteiger partial charge in [-0.2, -0.15) is 0 Å². The standard InChI is InChI=1S/C19H23N/c1-14-11-15(2)13-18(12-14)16(3)19-8-6-5-7-17(19)9-10-20-4/h5-12,15,20H,3,13H2,1-2,4H3/b10-9-/t15-/m0/s1. The van der Waals surface area contributed by atoms with Crippen molar-refractivity contribution < 1.29 is 0 Å². The van der Waals surface area contributed by atoms with Crippen molar-refractivity contribution >= 4 is 11.6 Å². The van der Waals surface area contributed by atoms with Crippen LogP contribution in [0.25, 0.3) is 11.6 Å². The van der Waals surface area contributed by atoms with E-state index in [9.17, 15) is 0 Å². The zero-order valence-corrected chi connectivity index (χ0v) is 12.6. The normalized spacial score (nSPS) is 18.6. The van der Waals surface area contributed by atoms with E-state index < -0.39 is 0 Å². The largest absolute Gasteiger partial charge is 0.394 e. The highest BCUT2D eigenvalue weighted by molar-refractivity contribution is 5.83. The van der Waals surface area contributed by atoms with Gasteiger partial charge in [0.2, 0.25) is 0 Å². The van der Waals surface area contributed by atoms with Gasteiger partial charge in [0.1, 0.15) is 0 Å². The summed E-state index contributed by atoms with van der Waals surface area (Å²) in [6.07, 6.45) is 9.70. The summed E-state index contributed by atoms with van der Waals surface area (Å²) in [5.74, 6) is 0.590. The lowest BCUT2D eigenvalue weighted by molar-refractivity contribution is 0.713. The third-order valence-corrected chi connectivity index (χ3v) is 3.59. The first-order chi connectivity index (χ1) is 9.61. The van der Waals surface area contributed by atoms with Gasteiger partial charge in [-0.1, -0.05) is 55.5 Å². The van der Waals surface area contributed by atoms with Gasteiger partial charge >= 0.3 is 0 Å². The Morgan fingerprint density at radius 2 is 2.10 bits per heavy atom. The molecule has 104 valence electrons. The third kappa shape index (κ3) is 3.30. The maximum absolute atomic E-state index is 4.34. The summed E-state index contributed by atoms with van der Waals surface area (Å²) in [4.78, 5) is 0. The molecule has 0 heterocycles. The minimum Gasteiger partial charge on any atom is -0.394 e. The van der Waals surface area contributed by atoms with E-state index in [0.717, 1.165) is 12.0 Å². The molecule has 1 aliphatic rings. The molecule has 0 saturated carbocycles. The predicted molar refractivity (Wildman–Crippen MR) is 89.2 cm³/mol. The first-order valence-corrected chi connectivity index (χ1v) is 7.13. The van der Waals surface area contributed by atoms with Crippen LogP contribution in [0.2, 0.25) is 0 Å². The lowest BCUT2D eigenvalue weighted by Crippen LogP contribution is -2.03. The number of hydrogen-bond donors (Lipinski definition) is 1. The topological polar surface area (TPSA) is 12.0 Å². The second-order valence-corrected chi connectivity index (χ2v) is 5.45. The van der Waals surface area contributed by atoms with Crippen LogP contribution >= 0.6 is 0 Å². The van der Waals surface area contributed by atoms with E-state index in [2.05, 4.69) is 68.2 Å².